The molecule has 1 aliphatic heterocycles. The number of rotatable bonds is 7. The molecule has 0 saturated carbocycles. The molecule has 2 N–H and O–H groups in total. The molecule has 28 heavy (non-hydrogen) atoms. The third-order valence-corrected chi connectivity index (χ3v) is 4.75. The number of halogens is 3. The Hall–Kier alpha value is -1.96. The summed E-state index contributed by atoms with van der Waals surface area (Å²) in [6.07, 6.45) is -2.17. The van der Waals surface area contributed by atoms with Gasteiger partial charge in [-0.1, -0.05) is 6.07 Å². The molecule has 1 saturated heterocycles. The van der Waals surface area contributed by atoms with Gasteiger partial charge in [-0.25, -0.2) is 0 Å². The zero-order valence-corrected chi connectivity index (χ0v) is 17.0. The lowest BCUT2D eigenvalue weighted by atomic mass is 10.1. The quantitative estimate of drug-likeness (QED) is 0.420. The summed E-state index contributed by atoms with van der Waals surface area (Å²) in [6.45, 7) is 9.29. The molecule has 0 spiro atoms. The van der Waals surface area contributed by atoms with Crippen molar-refractivity contribution < 1.29 is 13.2 Å². The van der Waals surface area contributed by atoms with Gasteiger partial charge in [-0.15, -0.1) is 0 Å². The van der Waals surface area contributed by atoms with Crippen LogP contribution in [0.5, 0.6) is 0 Å². The van der Waals surface area contributed by atoms with Crippen LogP contribution in [0.2, 0.25) is 0 Å². The molecular weight excluding hydrogens is 367 g/mol. The van der Waals surface area contributed by atoms with E-state index in [0.29, 0.717) is 11.7 Å². The Balaban J connectivity index is 1.68. The minimum absolute atomic E-state index is 0.347. The lowest BCUT2D eigenvalue weighted by Gasteiger charge is -2.36. The largest absolute Gasteiger partial charge is 0.416 e. The molecule has 1 aromatic rings. The van der Waals surface area contributed by atoms with Gasteiger partial charge >= 0.3 is 6.18 Å². The third-order valence-electron chi connectivity index (χ3n) is 4.75. The van der Waals surface area contributed by atoms with Crippen molar-refractivity contribution in [2.75, 3.05) is 51.2 Å². The van der Waals surface area contributed by atoms with Crippen molar-refractivity contribution >= 4 is 11.6 Å². The molecule has 8 heteroatoms. The van der Waals surface area contributed by atoms with Gasteiger partial charge in [-0.3, -0.25) is 9.89 Å². The van der Waals surface area contributed by atoms with E-state index in [1.165, 1.54) is 12.1 Å². The normalized spacial score (nSPS) is 16.5. The van der Waals surface area contributed by atoms with Crippen LogP contribution in [0.1, 0.15) is 32.3 Å². The topological polar surface area (TPSA) is 42.9 Å². The van der Waals surface area contributed by atoms with Gasteiger partial charge in [0.1, 0.15) is 0 Å². The van der Waals surface area contributed by atoms with Gasteiger partial charge in [0, 0.05) is 51.5 Å². The molecule has 158 valence electrons. The molecule has 0 aliphatic carbocycles. The van der Waals surface area contributed by atoms with Crippen LogP contribution in [0.4, 0.5) is 18.9 Å². The molecule has 5 nitrogen and oxygen atoms in total. The summed E-state index contributed by atoms with van der Waals surface area (Å²) in [5.74, 6) is 0.824. The number of hydrogen-bond acceptors (Lipinski definition) is 3. The maximum Gasteiger partial charge on any atom is 0.416 e. The number of nitrogens with one attached hydrogen (secondary N) is 2. The Morgan fingerprint density at radius 1 is 1.14 bits per heavy atom. The summed E-state index contributed by atoms with van der Waals surface area (Å²) in [5.41, 5.74) is 0.0737. The summed E-state index contributed by atoms with van der Waals surface area (Å²) >= 11 is 0. The van der Waals surface area contributed by atoms with Gasteiger partial charge in [-0.2, -0.15) is 13.2 Å². The number of aliphatic imine (C=N–C) groups is 1. The summed E-state index contributed by atoms with van der Waals surface area (Å²) in [4.78, 5) is 8.60. The lowest BCUT2D eigenvalue weighted by Crippen LogP contribution is -2.46. The molecular formula is C20H32F3N5. The molecule has 0 radical (unpaired) electrons. The average Bonchev–Trinajstić information content (AvgIpc) is 2.66. The maximum absolute atomic E-state index is 12.9. The maximum atomic E-state index is 12.9. The molecule has 2 rings (SSSR count). The lowest BCUT2D eigenvalue weighted by molar-refractivity contribution is -0.137. The predicted octanol–water partition coefficient (Wildman–Crippen LogP) is 3.18. The highest BCUT2D eigenvalue weighted by Gasteiger charge is 2.31. The second-order valence-electron chi connectivity index (χ2n) is 7.38. The molecule has 1 fully saturated rings. The van der Waals surface area contributed by atoms with Crippen LogP contribution in [-0.2, 0) is 6.18 Å². The highest BCUT2D eigenvalue weighted by molar-refractivity contribution is 5.79. The molecule has 0 unspecified atom stereocenters. The zero-order valence-electron chi connectivity index (χ0n) is 17.0. The van der Waals surface area contributed by atoms with Crippen LogP contribution >= 0.6 is 0 Å². The molecule has 1 heterocycles. The van der Waals surface area contributed by atoms with E-state index < -0.39 is 11.7 Å². The Kier molecular flexibility index (Phi) is 8.41. The predicted molar refractivity (Wildman–Crippen MR) is 109 cm³/mol. The zero-order chi connectivity index (χ0) is 20.6. The van der Waals surface area contributed by atoms with E-state index in [4.69, 9.17) is 0 Å². The number of piperazine rings is 1. The van der Waals surface area contributed by atoms with Gasteiger partial charge < -0.3 is 15.5 Å². The molecule has 1 aliphatic rings. The second kappa shape index (κ2) is 10.5. The molecule has 0 atom stereocenters. The number of anilines is 1. The monoisotopic (exact) mass is 399 g/mol. The van der Waals surface area contributed by atoms with E-state index >= 15 is 0 Å². The number of alkyl halides is 3. The smallest absolute Gasteiger partial charge is 0.369 e. The Morgan fingerprint density at radius 3 is 2.46 bits per heavy atom. The average molecular weight is 400 g/mol. The van der Waals surface area contributed by atoms with Crippen molar-refractivity contribution in [1.82, 2.24) is 15.5 Å². The van der Waals surface area contributed by atoms with Crippen molar-refractivity contribution in [2.24, 2.45) is 4.99 Å². The first-order valence-corrected chi connectivity index (χ1v) is 9.91. The summed E-state index contributed by atoms with van der Waals surface area (Å²) < 4.78 is 38.7. The van der Waals surface area contributed by atoms with Crippen LogP contribution in [0.25, 0.3) is 0 Å². The van der Waals surface area contributed by atoms with Gasteiger partial charge in [0.25, 0.3) is 0 Å². The molecule has 1 aromatic carbocycles. The Bertz CT molecular complexity index is 623. The molecule has 0 bridgehead atoms. The Morgan fingerprint density at radius 2 is 1.86 bits per heavy atom. The first-order chi connectivity index (χ1) is 13.3. The van der Waals surface area contributed by atoms with E-state index in [1.807, 2.05) is 4.90 Å². The Labute approximate surface area is 166 Å². The van der Waals surface area contributed by atoms with E-state index in [2.05, 4.69) is 34.4 Å². The number of hydrogen-bond donors (Lipinski definition) is 2. The fourth-order valence-electron chi connectivity index (χ4n) is 3.24. The van der Waals surface area contributed by atoms with E-state index in [9.17, 15) is 13.2 Å². The van der Waals surface area contributed by atoms with Crippen LogP contribution in [0.15, 0.2) is 29.3 Å². The number of unbranched alkanes of at least 4 members (excludes halogenated alkanes) is 1. The fourth-order valence-corrected chi connectivity index (χ4v) is 3.24. The SMILES string of the molecule is CN=C(NCCCCN1CCN(c2cccc(C(F)(F)F)c2)CC1)NC(C)C. The highest BCUT2D eigenvalue weighted by atomic mass is 19.4. The second-order valence-corrected chi connectivity index (χ2v) is 7.38. The van der Waals surface area contributed by atoms with Gasteiger partial charge in [0.2, 0.25) is 0 Å². The van der Waals surface area contributed by atoms with E-state index in [-0.39, 0.29) is 0 Å². The minimum atomic E-state index is -4.29. The number of benzene rings is 1. The number of guanidine groups is 1. The first-order valence-electron chi connectivity index (χ1n) is 9.91. The van der Waals surface area contributed by atoms with E-state index in [0.717, 1.165) is 64.1 Å². The van der Waals surface area contributed by atoms with Crippen molar-refractivity contribution in [3.05, 3.63) is 29.8 Å². The summed E-state index contributed by atoms with van der Waals surface area (Å²) in [6, 6.07) is 5.96. The van der Waals surface area contributed by atoms with Crippen molar-refractivity contribution in [2.45, 2.75) is 38.9 Å². The third kappa shape index (κ3) is 7.22. The standard InChI is InChI=1S/C20H32F3N5/c1-16(2)26-19(24-3)25-9-4-5-10-27-11-13-28(14-12-27)18-8-6-7-17(15-18)20(21,22)23/h6-8,15-16H,4-5,9-14H2,1-3H3,(H2,24,25,26). The van der Waals surface area contributed by atoms with Crippen molar-refractivity contribution in [1.29, 1.82) is 0 Å². The fraction of sp³-hybridized carbons (Fsp3) is 0.650. The molecule has 0 aromatic heterocycles. The molecule has 0 amide bonds. The number of nitrogens with zero attached hydrogens (tertiary/aromatic N) is 3. The summed E-state index contributed by atoms with van der Waals surface area (Å²) in [5, 5.41) is 6.56. The van der Waals surface area contributed by atoms with Gasteiger partial charge in [0.05, 0.1) is 5.56 Å². The van der Waals surface area contributed by atoms with E-state index in [1.54, 1.807) is 13.1 Å². The van der Waals surface area contributed by atoms with Crippen LogP contribution in [0, 0.1) is 0 Å². The van der Waals surface area contributed by atoms with Crippen LogP contribution in [-0.4, -0.2) is 63.2 Å². The van der Waals surface area contributed by atoms with Gasteiger partial charge in [-0.05, 0) is 51.4 Å². The van der Waals surface area contributed by atoms with Crippen molar-refractivity contribution in [3.63, 3.8) is 0 Å². The van der Waals surface area contributed by atoms with Gasteiger partial charge in [0.15, 0.2) is 5.96 Å². The minimum Gasteiger partial charge on any atom is -0.369 e. The highest BCUT2D eigenvalue weighted by Crippen LogP contribution is 2.31. The summed E-state index contributed by atoms with van der Waals surface area (Å²) in [7, 11) is 1.77. The van der Waals surface area contributed by atoms with Crippen LogP contribution in [0.3, 0.4) is 0 Å². The van der Waals surface area contributed by atoms with Crippen LogP contribution < -0.4 is 15.5 Å². The first kappa shape index (κ1) is 22.3. The van der Waals surface area contributed by atoms with Crippen molar-refractivity contribution in [3.8, 4) is 0 Å².